The number of halogens is 1. The maximum atomic E-state index is 12.5. The molecule has 0 bridgehead atoms. The van der Waals surface area contributed by atoms with Crippen molar-refractivity contribution in [1.29, 1.82) is 0 Å². The van der Waals surface area contributed by atoms with Crippen LogP contribution in [0, 0.1) is 24.0 Å². The molecule has 2 amide bonds. The molecule has 0 aromatic heterocycles. The maximum absolute atomic E-state index is 12.5. The third-order valence-electron chi connectivity index (χ3n) is 3.99. The molecule has 0 spiro atoms. The highest BCUT2D eigenvalue weighted by Gasteiger charge is 2.24. The average Bonchev–Trinajstić information content (AvgIpc) is 2.58. The van der Waals surface area contributed by atoms with Gasteiger partial charge in [-0.1, -0.05) is 23.7 Å². The van der Waals surface area contributed by atoms with Crippen LogP contribution in [0.1, 0.15) is 21.5 Å². The first kappa shape index (κ1) is 19.4. The summed E-state index contributed by atoms with van der Waals surface area (Å²) >= 11 is 5.75. The normalized spacial score (nSPS) is 10.3. The van der Waals surface area contributed by atoms with E-state index in [-0.39, 0.29) is 17.1 Å². The molecule has 26 heavy (non-hydrogen) atoms. The fourth-order valence-corrected chi connectivity index (χ4v) is 2.57. The predicted molar refractivity (Wildman–Crippen MR) is 99.6 cm³/mol. The first-order valence-electron chi connectivity index (χ1n) is 7.76. The molecule has 0 aliphatic heterocycles. The zero-order valence-corrected chi connectivity index (χ0v) is 15.3. The third-order valence-corrected chi connectivity index (χ3v) is 4.23. The molecule has 0 saturated carbocycles. The monoisotopic (exact) mass is 375 g/mol. The minimum Gasteiger partial charge on any atom is -0.332 e. The van der Waals surface area contributed by atoms with Crippen molar-refractivity contribution in [2.75, 3.05) is 18.9 Å². The van der Waals surface area contributed by atoms with Crippen LogP contribution in [-0.2, 0) is 4.79 Å². The van der Waals surface area contributed by atoms with Crippen molar-refractivity contribution in [3.05, 3.63) is 68.2 Å². The average molecular weight is 376 g/mol. The van der Waals surface area contributed by atoms with Crippen molar-refractivity contribution in [3.63, 3.8) is 0 Å². The van der Waals surface area contributed by atoms with E-state index in [4.69, 9.17) is 11.6 Å². The van der Waals surface area contributed by atoms with Gasteiger partial charge in [-0.25, -0.2) is 0 Å². The van der Waals surface area contributed by atoms with Gasteiger partial charge in [-0.3, -0.25) is 19.7 Å². The number of nitrogens with zero attached hydrogens (tertiary/aromatic N) is 2. The summed E-state index contributed by atoms with van der Waals surface area (Å²) in [7, 11) is 1.41. The summed E-state index contributed by atoms with van der Waals surface area (Å²) in [5.41, 5.74) is 2.10. The summed E-state index contributed by atoms with van der Waals surface area (Å²) < 4.78 is 0. The Balaban J connectivity index is 2.13. The Labute approximate surface area is 155 Å². The number of amides is 2. The largest absolute Gasteiger partial charge is 0.332 e. The second-order valence-corrected chi connectivity index (χ2v) is 6.31. The number of nitro benzene ring substituents is 1. The number of carbonyl (C=O) groups excluding carboxylic acids is 2. The summed E-state index contributed by atoms with van der Waals surface area (Å²) in [6, 6.07) is 9.31. The quantitative estimate of drug-likeness (QED) is 0.638. The lowest BCUT2D eigenvalue weighted by Crippen LogP contribution is -2.35. The van der Waals surface area contributed by atoms with E-state index < -0.39 is 22.4 Å². The number of carbonyl (C=O) groups is 2. The number of anilines is 1. The molecule has 0 fully saturated rings. The summed E-state index contributed by atoms with van der Waals surface area (Å²) in [6.07, 6.45) is 0. The Kier molecular flexibility index (Phi) is 5.94. The van der Waals surface area contributed by atoms with Crippen molar-refractivity contribution >= 4 is 34.8 Å². The van der Waals surface area contributed by atoms with Gasteiger partial charge in [-0.15, -0.1) is 0 Å². The molecule has 0 heterocycles. The SMILES string of the molecule is Cc1cccc(NC(=O)CN(C)C(=O)c2ccc(Cl)cc2[N+](=O)[O-])c1C. The van der Waals surface area contributed by atoms with Gasteiger partial charge in [0.15, 0.2) is 0 Å². The van der Waals surface area contributed by atoms with Gasteiger partial charge in [0.1, 0.15) is 5.56 Å². The molecular formula is C18H18ClN3O4. The van der Waals surface area contributed by atoms with Gasteiger partial charge >= 0.3 is 0 Å². The molecule has 7 nitrogen and oxygen atoms in total. The molecule has 0 unspecified atom stereocenters. The highest BCUT2D eigenvalue weighted by atomic mass is 35.5. The first-order valence-corrected chi connectivity index (χ1v) is 8.14. The van der Waals surface area contributed by atoms with Crippen molar-refractivity contribution in [1.82, 2.24) is 4.90 Å². The van der Waals surface area contributed by atoms with Crippen molar-refractivity contribution in [2.24, 2.45) is 0 Å². The lowest BCUT2D eigenvalue weighted by atomic mass is 10.1. The number of aryl methyl sites for hydroxylation is 1. The Bertz CT molecular complexity index is 883. The van der Waals surface area contributed by atoms with Crippen LogP contribution in [0.25, 0.3) is 0 Å². The lowest BCUT2D eigenvalue weighted by Gasteiger charge is -2.18. The van der Waals surface area contributed by atoms with Crippen LogP contribution in [0.2, 0.25) is 5.02 Å². The second kappa shape index (κ2) is 7.97. The Morgan fingerprint density at radius 2 is 1.92 bits per heavy atom. The number of nitro groups is 1. The van der Waals surface area contributed by atoms with Crippen LogP contribution < -0.4 is 5.32 Å². The Morgan fingerprint density at radius 3 is 2.58 bits per heavy atom. The number of nitrogens with one attached hydrogen (secondary N) is 1. The number of rotatable bonds is 5. The second-order valence-electron chi connectivity index (χ2n) is 5.88. The highest BCUT2D eigenvalue weighted by Crippen LogP contribution is 2.24. The van der Waals surface area contributed by atoms with Crippen LogP contribution in [-0.4, -0.2) is 35.2 Å². The van der Waals surface area contributed by atoms with Crippen LogP contribution >= 0.6 is 11.6 Å². The van der Waals surface area contributed by atoms with E-state index in [2.05, 4.69) is 5.32 Å². The van der Waals surface area contributed by atoms with Gasteiger partial charge in [0, 0.05) is 23.8 Å². The fourth-order valence-electron chi connectivity index (χ4n) is 2.41. The molecule has 0 aliphatic rings. The standard InChI is InChI=1S/C18H18ClN3O4/c1-11-5-4-6-15(12(11)2)20-17(23)10-21(3)18(24)14-8-7-13(19)9-16(14)22(25)26/h4-9H,10H2,1-3H3,(H,20,23). The first-order chi connectivity index (χ1) is 12.2. The number of hydrogen-bond donors (Lipinski definition) is 1. The predicted octanol–water partition coefficient (Wildman–Crippen LogP) is 3.58. The summed E-state index contributed by atoms with van der Waals surface area (Å²) in [5.74, 6) is -1.03. The molecule has 0 atom stereocenters. The Hall–Kier alpha value is -2.93. The molecule has 2 rings (SSSR count). The molecule has 0 aliphatic carbocycles. The summed E-state index contributed by atoms with van der Waals surface area (Å²) in [6.45, 7) is 3.57. The fraction of sp³-hybridized carbons (Fsp3) is 0.222. The van der Waals surface area contributed by atoms with Gasteiger partial charge in [0.25, 0.3) is 11.6 Å². The van der Waals surface area contributed by atoms with Crippen LogP contribution in [0.15, 0.2) is 36.4 Å². The molecule has 136 valence electrons. The maximum Gasteiger partial charge on any atom is 0.283 e. The number of benzene rings is 2. The molecule has 8 heteroatoms. The highest BCUT2D eigenvalue weighted by molar-refractivity contribution is 6.31. The van der Waals surface area contributed by atoms with E-state index in [0.29, 0.717) is 5.69 Å². The number of hydrogen-bond acceptors (Lipinski definition) is 4. The van der Waals surface area contributed by atoms with Crippen LogP contribution in [0.3, 0.4) is 0 Å². The Morgan fingerprint density at radius 1 is 1.23 bits per heavy atom. The van der Waals surface area contributed by atoms with E-state index in [1.165, 1.54) is 19.2 Å². The van der Waals surface area contributed by atoms with Crippen molar-refractivity contribution < 1.29 is 14.5 Å². The van der Waals surface area contributed by atoms with Crippen LogP contribution in [0.5, 0.6) is 0 Å². The topological polar surface area (TPSA) is 92.6 Å². The van der Waals surface area contributed by atoms with E-state index in [1.54, 1.807) is 6.07 Å². The summed E-state index contributed by atoms with van der Waals surface area (Å²) in [5, 5.41) is 14.0. The molecule has 2 aromatic carbocycles. The van der Waals surface area contributed by atoms with Gasteiger partial charge < -0.3 is 10.2 Å². The molecular weight excluding hydrogens is 358 g/mol. The van der Waals surface area contributed by atoms with E-state index in [0.717, 1.165) is 22.1 Å². The number of likely N-dealkylation sites (N-methyl/N-ethyl adjacent to an activating group) is 1. The molecule has 2 aromatic rings. The van der Waals surface area contributed by atoms with Crippen LogP contribution in [0.4, 0.5) is 11.4 Å². The van der Waals surface area contributed by atoms with Gasteiger partial charge in [-0.2, -0.15) is 0 Å². The van der Waals surface area contributed by atoms with E-state index in [1.807, 2.05) is 26.0 Å². The van der Waals surface area contributed by atoms with Gasteiger partial charge in [-0.05, 0) is 43.2 Å². The van der Waals surface area contributed by atoms with E-state index >= 15 is 0 Å². The third kappa shape index (κ3) is 4.37. The van der Waals surface area contributed by atoms with E-state index in [9.17, 15) is 19.7 Å². The molecule has 0 radical (unpaired) electrons. The van der Waals surface area contributed by atoms with Crippen molar-refractivity contribution in [3.8, 4) is 0 Å². The lowest BCUT2D eigenvalue weighted by molar-refractivity contribution is -0.385. The molecule has 0 saturated heterocycles. The summed E-state index contributed by atoms with van der Waals surface area (Å²) in [4.78, 5) is 36.3. The molecule has 1 N–H and O–H groups in total. The smallest absolute Gasteiger partial charge is 0.283 e. The van der Waals surface area contributed by atoms with Gasteiger partial charge in [0.2, 0.25) is 5.91 Å². The zero-order valence-electron chi connectivity index (χ0n) is 14.6. The van der Waals surface area contributed by atoms with Gasteiger partial charge in [0.05, 0.1) is 11.5 Å². The minimum atomic E-state index is -0.677. The zero-order chi connectivity index (χ0) is 19.4. The minimum absolute atomic E-state index is 0.124. The van der Waals surface area contributed by atoms with Crippen molar-refractivity contribution in [2.45, 2.75) is 13.8 Å².